The number of piperidine rings is 1. The van der Waals surface area contributed by atoms with E-state index in [0.717, 1.165) is 13.1 Å². The van der Waals surface area contributed by atoms with E-state index in [4.69, 9.17) is 0 Å². The highest BCUT2D eigenvalue weighted by molar-refractivity contribution is 5.38. The van der Waals surface area contributed by atoms with Crippen molar-refractivity contribution in [3.05, 3.63) is 108 Å². The fourth-order valence-corrected chi connectivity index (χ4v) is 5.64. The van der Waals surface area contributed by atoms with Crippen molar-refractivity contribution < 1.29 is 0 Å². The quantitative estimate of drug-likeness (QED) is 0.474. The molecule has 1 nitrogen and oxygen atoms in total. The van der Waals surface area contributed by atoms with Gasteiger partial charge in [-0.25, -0.2) is 0 Å². The standard InChI is InChI=1S/C28H33N/c1-2-12-26(23-13-6-3-7-14-23)28(19-21-29-22-20-28)27(24-15-8-4-9-16-24)25-17-10-5-11-18-25/h3-11,13-18,26-27,29H,2,12,19-22H2,1H3. The van der Waals surface area contributed by atoms with Crippen molar-refractivity contribution in [1.82, 2.24) is 5.32 Å². The molecule has 1 fully saturated rings. The molecule has 1 atom stereocenters. The van der Waals surface area contributed by atoms with Crippen LogP contribution in [0.5, 0.6) is 0 Å². The van der Waals surface area contributed by atoms with Crippen molar-refractivity contribution in [1.29, 1.82) is 0 Å². The van der Waals surface area contributed by atoms with Crippen LogP contribution in [0.2, 0.25) is 0 Å². The van der Waals surface area contributed by atoms with Crippen molar-refractivity contribution in [3.8, 4) is 0 Å². The summed E-state index contributed by atoms with van der Waals surface area (Å²) >= 11 is 0. The first-order valence-electron chi connectivity index (χ1n) is 11.2. The highest BCUT2D eigenvalue weighted by Gasteiger charge is 2.47. The lowest BCUT2D eigenvalue weighted by molar-refractivity contribution is 0.121. The average Bonchev–Trinajstić information content (AvgIpc) is 2.80. The van der Waals surface area contributed by atoms with E-state index in [0.29, 0.717) is 11.8 Å². The molecule has 0 aromatic heterocycles. The van der Waals surface area contributed by atoms with Gasteiger partial charge < -0.3 is 5.32 Å². The van der Waals surface area contributed by atoms with Gasteiger partial charge in [0.2, 0.25) is 0 Å². The molecule has 0 spiro atoms. The highest BCUT2D eigenvalue weighted by atomic mass is 14.9. The molecule has 0 bridgehead atoms. The van der Waals surface area contributed by atoms with Crippen LogP contribution in [0, 0.1) is 5.41 Å². The fraction of sp³-hybridized carbons (Fsp3) is 0.357. The number of benzene rings is 3. The van der Waals surface area contributed by atoms with E-state index in [-0.39, 0.29) is 5.41 Å². The molecule has 0 radical (unpaired) electrons. The van der Waals surface area contributed by atoms with Crippen molar-refractivity contribution in [3.63, 3.8) is 0 Å². The Morgan fingerprint density at radius 2 is 1.14 bits per heavy atom. The van der Waals surface area contributed by atoms with Crippen LogP contribution in [0.25, 0.3) is 0 Å². The molecule has 1 unspecified atom stereocenters. The molecule has 1 aliphatic heterocycles. The topological polar surface area (TPSA) is 12.0 Å². The van der Waals surface area contributed by atoms with Crippen LogP contribution in [-0.4, -0.2) is 13.1 Å². The van der Waals surface area contributed by atoms with Gasteiger partial charge in [-0.1, -0.05) is 104 Å². The molecule has 1 heterocycles. The second-order valence-corrected chi connectivity index (χ2v) is 8.49. The third-order valence-electron chi connectivity index (χ3n) is 6.85. The summed E-state index contributed by atoms with van der Waals surface area (Å²) in [5, 5.41) is 3.65. The van der Waals surface area contributed by atoms with Crippen molar-refractivity contribution in [2.45, 2.75) is 44.4 Å². The molecule has 1 N–H and O–H groups in total. The van der Waals surface area contributed by atoms with Crippen molar-refractivity contribution >= 4 is 0 Å². The first-order chi connectivity index (χ1) is 14.3. The summed E-state index contributed by atoms with van der Waals surface area (Å²) in [7, 11) is 0. The minimum absolute atomic E-state index is 0.214. The van der Waals surface area contributed by atoms with Gasteiger partial charge in [-0.3, -0.25) is 0 Å². The van der Waals surface area contributed by atoms with Gasteiger partial charge >= 0.3 is 0 Å². The van der Waals surface area contributed by atoms with E-state index in [2.05, 4.69) is 103 Å². The van der Waals surface area contributed by atoms with Crippen LogP contribution in [-0.2, 0) is 0 Å². The molecule has 0 amide bonds. The zero-order valence-corrected chi connectivity index (χ0v) is 17.6. The first-order valence-corrected chi connectivity index (χ1v) is 11.2. The predicted molar refractivity (Wildman–Crippen MR) is 123 cm³/mol. The monoisotopic (exact) mass is 383 g/mol. The lowest BCUT2D eigenvalue weighted by Crippen LogP contribution is -2.45. The summed E-state index contributed by atoms with van der Waals surface area (Å²) in [5.41, 5.74) is 4.63. The molecule has 29 heavy (non-hydrogen) atoms. The van der Waals surface area contributed by atoms with Gasteiger partial charge in [0.1, 0.15) is 0 Å². The predicted octanol–water partition coefficient (Wildman–Crippen LogP) is 6.77. The van der Waals surface area contributed by atoms with Gasteiger partial charge in [-0.05, 0) is 60.4 Å². The van der Waals surface area contributed by atoms with Crippen molar-refractivity contribution in [2.24, 2.45) is 5.41 Å². The highest BCUT2D eigenvalue weighted by Crippen LogP contribution is 2.56. The molecule has 0 aliphatic carbocycles. The zero-order valence-electron chi connectivity index (χ0n) is 17.6. The van der Waals surface area contributed by atoms with Crippen LogP contribution in [0.1, 0.15) is 61.1 Å². The van der Waals surface area contributed by atoms with Gasteiger partial charge in [0.05, 0.1) is 0 Å². The van der Waals surface area contributed by atoms with Crippen LogP contribution < -0.4 is 5.32 Å². The maximum atomic E-state index is 3.65. The number of hydrogen-bond donors (Lipinski definition) is 1. The van der Waals surface area contributed by atoms with Crippen LogP contribution in [0.15, 0.2) is 91.0 Å². The maximum Gasteiger partial charge on any atom is 0.0153 e. The third kappa shape index (κ3) is 4.16. The van der Waals surface area contributed by atoms with E-state index in [1.54, 1.807) is 0 Å². The Morgan fingerprint density at radius 3 is 1.59 bits per heavy atom. The summed E-state index contributed by atoms with van der Waals surface area (Å²) in [6.45, 7) is 4.54. The lowest BCUT2D eigenvalue weighted by atomic mass is 9.55. The fourth-order valence-electron chi connectivity index (χ4n) is 5.64. The SMILES string of the molecule is CCCC(c1ccccc1)C1(C(c2ccccc2)c2ccccc2)CCNCC1. The van der Waals surface area contributed by atoms with Crippen LogP contribution >= 0.6 is 0 Å². The van der Waals surface area contributed by atoms with E-state index in [1.165, 1.54) is 42.4 Å². The Labute approximate surface area is 176 Å². The van der Waals surface area contributed by atoms with E-state index in [1.807, 2.05) is 0 Å². The average molecular weight is 384 g/mol. The van der Waals surface area contributed by atoms with Gasteiger partial charge in [-0.15, -0.1) is 0 Å². The van der Waals surface area contributed by atoms with Crippen LogP contribution in [0.3, 0.4) is 0 Å². The van der Waals surface area contributed by atoms with Crippen LogP contribution in [0.4, 0.5) is 0 Å². The largest absolute Gasteiger partial charge is 0.317 e. The minimum atomic E-state index is 0.214. The molecule has 150 valence electrons. The summed E-state index contributed by atoms with van der Waals surface area (Å²) in [6.07, 6.45) is 4.87. The molecule has 3 aromatic carbocycles. The molecule has 0 saturated carbocycles. The van der Waals surface area contributed by atoms with E-state index >= 15 is 0 Å². The molecular weight excluding hydrogens is 350 g/mol. The van der Waals surface area contributed by atoms with Gasteiger partial charge in [0.25, 0.3) is 0 Å². The number of hydrogen-bond acceptors (Lipinski definition) is 1. The van der Waals surface area contributed by atoms with E-state index < -0.39 is 0 Å². The lowest BCUT2D eigenvalue weighted by Gasteiger charge is -2.50. The third-order valence-corrected chi connectivity index (χ3v) is 6.85. The number of rotatable bonds is 7. The molecule has 1 heteroatoms. The minimum Gasteiger partial charge on any atom is -0.317 e. The zero-order chi connectivity index (χ0) is 19.9. The Hall–Kier alpha value is -2.38. The summed E-state index contributed by atoms with van der Waals surface area (Å²) in [4.78, 5) is 0. The Balaban J connectivity index is 1.90. The Kier molecular flexibility index (Phi) is 6.46. The summed E-state index contributed by atoms with van der Waals surface area (Å²) < 4.78 is 0. The van der Waals surface area contributed by atoms with Crippen molar-refractivity contribution in [2.75, 3.05) is 13.1 Å². The maximum absolute atomic E-state index is 3.65. The molecule has 4 rings (SSSR count). The van der Waals surface area contributed by atoms with Gasteiger partial charge in [0, 0.05) is 5.92 Å². The normalized spacial score (nSPS) is 17.2. The second-order valence-electron chi connectivity index (χ2n) is 8.49. The number of nitrogens with one attached hydrogen (secondary N) is 1. The smallest absolute Gasteiger partial charge is 0.0153 e. The molecular formula is C28H33N. The Bertz CT molecular complexity index is 811. The summed E-state index contributed by atoms with van der Waals surface area (Å²) in [6, 6.07) is 33.8. The summed E-state index contributed by atoms with van der Waals surface area (Å²) in [5.74, 6) is 0.963. The second kappa shape index (κ2) is 9.41. The molecule has 3 aromatic rings. The van der Waals surface area contributed by atoms with Gasteiger partial charge in [-0.2, -0.15) is 0 Å². The first kappa shape index (κ1) is 19.9. The van der Waals surface area contributed by atoms with Gasteiger partial charge in [0.15, 0.2) is 0 Å². The molecule has 1 saturated heterocycles. The Morgan fingerprint density at radius 1 is 0.690 bits per heavy atom. The molecule has 1 aliphatic rings. The van der Waals surface area contributed by atoms with E-state index in [9.17, 15) is 0 Å².